The fourth-order valence-electron chi connectivity index (χ4n) is 2.03. The molecule has 0 radical (unpaired) electrons. The third-order valence-electron chi connectivity index (χ3n) is 3.13. The summed E-state index contributed by atoms with van der Waals surface area (Å²) in [6.45, 7) is 2.01. The number of aromatic nitrogens is 2. The quantitative estimate of drug-likeness (QED) is 0.792. The molecular weight excluding hydrogens is 256 g/mol. The molecule has 0 aliphatic carbocycles. The molecule has 1 aromatic carbocycles. The minimum Gasteiger partial charge on any atom is -0.383 e. The zero-order valence-electron chi connectivity index (χ0n) is 10.5. The Bertz CT molecular complexity index is 672. The number of nitrogens with zero attached hydrogens (tertiary/aromatic N) is 2. The normalized spacial score (nSPS) is 12.5. The number of thiophene rings is 1. The molecule has 0 aliphatic heterocycles. The first-order valence-corrected chi connectivity index (χ1v) is 7.01. The number of aliphatic hydroxyl groups excluding tert-OH is 1. The van der Waals surface area contributed by atoms with Gasteiger partial charge in [-0.25, -0.2) is 4.68 Å². The topological polar surface area (TPSA) is 38.1 Å². The molecule has 2 heterocycles. The van der Waals surface area contributed by atoms with Crippen LogP contribution in [-0.2, 0) is 0 Å². The van der Waals surface area contributed by atoms with Gasteiger partial charge in [-0.3, -0.25) is 0 Å². The van der Waals surface area contributed by atoms with E-state index in [4.69, 9.17) is 0 Å². The van der Waals surface area contributed by atoms with Gasteiger partial charge in [0, 0.05) is 11.8 Å². The van der Waals surface area contributed by atoms with Gasteiger partial charge < -0.3 is 5.11 Å². The number of rotatable bonds is 3. The largest absolute Gasteiger partial charge is 0.383 e. The molecule has 4 heteroatoms. The fourth-order valence-corrected chi connectivity index (χ4v) is 2.90. The summed E-state index contributed by atoms with van der Waals surface area (Å²) in [5, 5.41) is 18.7. The molecule has 0 aliphatic rings. The molecule has 19 heavy (non-hydrogen) atoms. The van der Waals surface area contributed by atoms with Crippen molar-refractivity contribution in [2.75, 3.05) is 0 Å². The molecule has 3 aromatic rings. The lowest BCUT2D eigenvalue weighted by atomic mass is 10.0. The highest BCUT2D eigenvalue weighted by Gasteiger charge is 2.15. The maximum absolute atomic E-state index is 10.4. The first-order chi connectivity index (χ1) is 9.25. The van der Waals surface area contributed by atoms with Crippen molar-refractivity contribution in [3.8, 4) is 5.69 Å². The highest BCUT2D eigenvalue weighted by Crippen LogP contribution is 2.27. The lowest BCUT2D eigenvalue weighted by molar-refractivity contribution is 0.220. The summed E-state index contributed by atoms with van der Waals surface area (Å²) in [5.41, 5.74) is 3.87. The van der Waals surface area contributed by atoms with Gasteiger partial charge in [0.25, 0.3) is 0 Å². The lowest BCUT2D eigenvalue weighted by Gasteiger charge is -2.07. The Morgan fingerprint density at radius 2 is 2.00 bits per heavy atom. The molecule has 2 aromatic heterocycles. The first-order valence-electron chi connectivity index (χ1n) is 6.06. The molecule has 0 amide bonds. The Labute approximate surface area is 115 Å². The number of hydrogen-bond donors (Lipinski definition) is 1. The van der Waals surface area contributed by atoms with E-state index in [1.54, 1.807) is 22.2 Å². The Morgan fingerprint density at radius 3 is 2.68 bits per heavy atom. The van der Waals surface area contributed by atoms with E-state index in [-0.39, 0.29) is 0 Å². The summed E-state index contributed by atoms with van der Waals surface area (Å²) in [6, 6.07) is 9.88. The van der Waals surface area contributed by atoms with Gasteiger partial charge in [0.2, 0.25) is 0 Å². The van der Waals surface area contributed by atoms with Crippen LogP contribution in [0.4, 0.5) is 0 Å². The molecule has 0 saturated heterocycles. The standard InChI is InChI=1S/C15H14N2OS/c1-11-9-19-10-14(11)15(18)12-7-16-17(8-12)13-5-3-2-4-6-13/h2-10,15,18H,1H3. The van der Waals surface area contributed by atoms with Crippen LogP contribution < -0.4 is 0 Å². The second-order valence-corrected chi connectivity index (χ2v) is 5.21. The summed E-state index contributed by atoms with van der Waals surface area (Å²) in [7, 11) is 0. The van der Waals surface area contributed by atoms with Crippen molar-refractivity contribution < 1.29 is 5.11 Å². The third-order valence-corrected chi connectivity index (χ3v) is 4.01. The van der Waals surface area contributed by atoms with Crippen molar-refractivity contribution in [3.63, 3.8) is 0 Å². The summed E-state index contributed by atoms with van der Waals surface area (Å²) in [5.74, 6) is 0. The van der Waals surface area contributed by atoms with Crippen LogP contribution in [0.15, 0.2) is 53.5 Å². The number of aryl methyl sites for hydroxylation is 1. The van der Waals surface area contributed by atoms with E-state index in [1.165, 1.54) is 0 Å². The molecule has 3 nitrogen and oxygen atoms in total. The average Bonchev–Trinajstić information content (AvgIpc) is 3.08. The van der Waals surface area contributed by atoms with Gasteiger partial charge in [0.1, 0.15) is 6.10 Å². The number of hydrogen-bond acceptors (Lipinski definition) is 3. The van der Waals surface area contributed by atoms with Crippen molar-refractivity contribution in [2.45, 2.75) is 13.0 Å². The van der Waals surface area contributed by atoms with E-state index in [2.05, 4.69) is 5.10 Å². The fraction of sp³-hybridized carbons (Fsp3) is 0.133. The molecule has 0 fully saturated rings. The van der Waals surface area contributed by atoms with Crippen LogP contribution in [0.1, 0.15) is 22.8 Å². The van der Waals surface area contributed by atoms with Crippen molar-refractivity contribution in [1.82, 2.24) is 9.78 Å². The van der Waals surface area contributed by atoms with Crippen LogP contribution in [0.3, 0.4) is 0 Å². The van der Waals surface area contributed by atoms with E-state index < -0.39 is 6.10 Å². The van der Waals surface area contributed by atoms with Crippen molar-refractivity contribution >= 4 is 11.3 Å². The van der Waals surface area contributed by atoms with E-state index in [0.29, 0.717) is 0 Å². The average molecular weight is 270 g/mol. The van der Waals surface area contributed by atoms with Gasteiger partial charge in [-0.1, -0.05) is 18.2 Å². The molecule has 96 valence electrons. The minimum atomic E-state index is -0.608. The monoisotopic (exact) mass is 270 g/mol. The van der Waals surface area contributed by atoms with E-state index in [1.807, 2.05) is 54.2 Å². The number of benzene rings is 1. The molecule has 1 atom stereocenters. The summed E-state index contributed by atoms with van der Waals surface area (Å²) >= 11 is 1.61. The second-order valence-electron chi connectivity index (χ2n) is 4.47. The van der Waals surface area contributed by atoms with E-state index >= 15 is 0 Å². The smallest absolute Gasteiger partial charge is 0.108 e. The van der Waals surface area contributed by atoms with Crippen LogP contribution in [0, 0.1) is 6.92 Å². The van der Waals surface area contributed by atoms with Crippen LogP contribution in [0.2, 0.25) is 0 Å². The van der Waals surface area contributed by atoms with Crippen LogP contribution in [0.5, 0.6) is 0 Å². The molecule has 0 saturated carbocycles. The van der Waals surface area contributed by atoms with E-state index in [9.17, 15) is 5.11 Å². The van der Waals surface area contributed by atoms with Gasteiger partial charge >= 0.3 is 0 Å². The van der Waals surface area contributed by atoms with Crippen molar-refractivity contribution in [2.24, 2.45) is 0 Å². The predicted molar refractivity (Wildman–Crippen MR) is 76.7 cm³/mol. The third kappa shape index (κ3) is 2.32. The molecule has 1 N–H and O–H groups in total. The van der Waals surface area contributed by atoms with Crippen LogP contribution >= 0.6 is 11.3 Å². The van der Waals surface area contributed by atoms with Gasteiger partial charge in [0.15, 0.2) is 0 Å². The zero-order valence-corrected chi connectivity index (χ0v) is 11.3. The van der Waals surface area contributed by atoms with Gasteiger partial charge in [0.05, 0.1) is 11.9 Å². The maximum Gasteiger partial charge on any atom is 0.108 e. The highest BCUT2D eigenvalue weighted by molar-refractivity contribution is 7.08. The molecule has 3 rings (SSSR count). The van der Waals surface area contributed by atoms with Gasteiger partial charge in [-0.05, 0) is 40.9 Å². The van der Waals surface area contributed by atoms with E-state index in [0.717, 1.165) is 22.4 Å². The molecule has 0 bridgehead atoms. The summed E-state index contributed by atoms with van der Waals surface area (Å²) in [4.78, 5) is 0. The van der Waals surface area contributed by atoms with Crippen molar-refractivity contribution in [3.05, 3.63) is 70.2 Å². The highest BCUT2D eigenvalue weighted by atomic mass is 32.1. The zero-order chi connectivity index (χ0) is 13.2. The molecular formula is C15H14N2OS. The summed E-state index contributed by atoms with van der Waals surface area (Å²) < 4.78 is 1.78. The number of aliphatic hydroxyl groups is 1. The van der Waals surface area contributed by atoms with Gasteiger partial charge in [-0.2, -0.15) is 16.4 Å². The van der Waals surface area contributed by atoms with Crippen LogP contribution in [0.25, 0.3) is 5.69 Å². The summed E-state index contributed by atoms with van der Waals surface area (Å²) in [6.07, 6.45) is 2.98. The lowest BCUT2D eigenvalue weighted by Crippen LogP contribution is -1.98. The van der Waals surface area contributed by atoms with Gasteiger partial charge in [-0.15, -0.1) is 0 Å². The Morgan fingerprint density at radius 1 is 1.21 bits per heavy atom. The molecule has 1 unspecified atom stereocenters. The van der Waals surface area contributed by atoms with Crippen molar-refractivity contribution in [1.29, 1.82) is 0 Å². The SMILES string of the molecule is Cc1cscc1C(O)c1cnn(-c2ccccc2)c1. The Hall–Kier alpha value is -1.91. The Kier molecular flexibility index (Phi) is 3.19. The maximum atomic E-state index is 10.4. The van der Waals surface area contributed by atoms with Crippen LogP contribution in [-0.4, -0.2) is 14.9 Å². The second kappa shape index (κ2) is 4.99. The first kappa shape index (κ1) is 12.1. The number of para-hydroxylation sites is 1. The minimum absolute atomic E-state index is 0.608. The predicted octanol–water partition coefficient (Wildman–Crippen LogP) is 3.32. The molecule has 0 spiro atoms. The Balaban J connectivity index is 1.92.